The highest BCUT2D eigenvalue weighted by molar-refractivity contribution is 7.87. The third-order valence-electron chi connectivity index (χ3n) is 1.85. The number of carboxylic acid groups (broad SMARTS) is 1. The van der Waals surface area contributed by atoms with Crippen molar-refractivity contribution in [2.75, 3.05) is 13.7 Å². The Morgan fingerprint density at radius 2 is 2.15 bits per heavy atom. The average Bonchev–Trinajstić information content (AvgIpc) is 2.11. The minimum atomic E-state index is -1.36. The summed E-state index contributed by atoms with van der Waals surface area (Å²) >= 11 is 0. The molecule has 0 saturated carbocycles. The maximum absolute atomic E-state index is 11.6. The Bertz CT molecular complexity index is 193. The summed E-state index contributed by atoms with van der Waals surface area (Å²) in [6.07, 6.45) is 0.708. The lowest BCUT2D eigenvalue weighted by atomic mass is 10.4. The van der Waals surface area contributed by atoms with Gasteiger partial charge < -0.3 is 9.84 Å². The van der Waals surface area contributed by atoms with Gasteiger partial charge in [0.15, 0.2) is 5.25 Å². The zero-order chi connectivity index (χ0) is 10.4. The Hall–Kier alpha value is -0.420. The van der Waals surface area contributed by atoms with E-state index in [2.05, 4.69) is 0 Å². The van der Waals surface area contributed by atoms with Crippen LogP contribution in [0.5, 0.6) is 0 Å². The number of aliphatic carboxylic acids is 1. The van der Waals surface area contributed by atoms with Gasteiger partial charge in [-0.15, -0.1) is 0 Å². The first kappa shape index (κ1) is 12.6. The summed E-state index contributed by atoms with van der Waals surface area (Å²) in [6, 6.07) is 0. The largest absolute Gasteiger partial charge is 0.480 e. The Morgan fingerprint density at radius 3 is 2.46 bits per heavy atom. The molecule has 0 aromatic rings. The molecule has 5 heteroatoms. The van der Waals surface area contributed by atoms with Gasteiger partial charge in [-0.2, -0.15) is 0 Å². The highest BCUT2D eigenvalue weighted by Crippen LogP contribution is 2.08. The van der Waals surface area contributed by atoms with E-state index in [0.717, 1.165) is 0 Å². The molecule has 3 unspecified atom stereocenters. The van der Waals surface area contributed by atoms with Gasteiger partial charge in [-0.3, -0.25) is 9.00 Å². The number of hydrogen-bond donors (Lipinski definition) is 1. The van der Waals surface area contributed by atoms with E-state index in [0.29, 0.717) is 6.42 Å². The van der Waals surface area contributed by atoms with Gasteiger partial charge in [-0.1, -0.05) is 13.8 Å². The van der Waals surface area contributed by atoms with E-state index in [1.54, 1.807) is 6.92 Å². The molecule has 0 saturated heterocycles. The number of methoxy groups -OCH3 is 1. The minimum absolute atomic E-state index is 0.00623. The molecule has 4 nitrogen and oxygen atoms in total. The van der Waals surface area contributed by atoms with Crippen LogP contribution in [0.15, 0.2) is 0 Å². The van der Waals surface area contributed by atoms with Crippen LogP contribution in [0.25, 0.3) is 0 Å². The van der Waals surface area contributed by atoms with Crippen molar-refractivity contribution < 1.29 is 18.8 Å². The van der Waals surface area contributed by atoms with E-state index in [4.69, 9.17) is 9.84 Å². The predicted octanol–water partition coefficient (Wildman–Crippen LogP) is 0.633. The maximum atomic E-state index is 11.6. The van der Waals surface area contributed by atoms with E-state index in [9.17, 15) is 9.00 Å². The molecule has 0 aliphatic carbocycles. The summed E-state index contributed by atoms with van der Waals surface area (Å²) in [5, 5.41) is 7.74. The lowest BCUT2D eigenvalue weighted by Gasteiger charge is -2.15. The monoisotopic (exact) mass is 208 g/mol. The van der Waals surface area contributed by atoms with E-state index in [-0.39, 0.29) is 11.9 Å². The molecule has 0 radical (unpaired) electrons. The molecular formula is C8H16O4S. The van der Waals surface area contributed by atoms with Gasteiger partial charge in [-0.05, 0) is 6.42 Å². The van der Waals surface area contributed by atoms with Crippen molar-refractivity contribution >= 4 is 16.8 Å². The minimum Gasteiger partial charge on any atom is -0.480 e. The molecule has 0 rings (SSSR count). The van der Waals surface area contributed by atoms with E-state index >= 15 is 0 Å². The molecule has 0 fully saturated rings. The molecule has 3 atom stereocenters. The summed E-state index contributed by atoms with van der Waals surface area (Å²) in [7, 11) is 0.0494. The number of hydrogen-bond acceptors (Lipinski definition) is 3. The normalized spacial score (nSPS) is 17.8. The molecule has 13 heavy (non-hydrogen) atoms. The van der Waals surface area contributed by atoms with Crippen molar-refractivity contribution in [1.29, 1.82) is 0 Å². The molecule has 1 N–H and O–H groups in total. The van der Waals surface area contributed by atoms with Crippen LogP contribution in [0.3, 0.4) is 0 Å². The third kappa shape index (κ3) is 3.87. The van der Waals surface area contributed by atoms with Gasteiger partial charge in [-0.25, -0.2) is 0 Å². The number of rotatable bonds is 6. The lowest BCUT2D eigenvalue weighted by Crippen LogP contribution is -2.34. The second kappa shape index (κ2) is 6.10. The highest BCUT2D eigenvalue weighted by Gasteiger charge is 2.27. The van der Waals surface area contributed by atoms with Crippen LogP contribution >= 0.6 is 0 Å². The van der Waals surface area contributed by atoms with Crippen LogP contribution in [-0.2, 0) is 20.3 Å². The van der Waals surface area contributed by atoms with Gasteiger partial charge in [0.25, 0.3) is 0 Å². The Morgan fingerprint density at radius 1 is 1.62 bits per heavy atom. The number of carbonyl (C=O) groups is 1. The fraction of sp³-hybridized carbons (Fsp3) is 0.875. The molecule has 0 heterocycles. The zero-order valence-electron chi connectivity index (χ0n) is 8.15. The summed E-state index contributed by atoms with van der Waals surface area (Å²) in [5.74, 6) is -1.06. The summed E-state index contributed by atoms with van der Waals surface area (Å²) in [6.45, 7) is 3.67. The van der Waals surface area contributed by atoms with Crippen LogP contribution in [0, 0.1) is 0 Å². The Labute approximate surface area is 80.7 Å². The molecule has 0 aromatic carbocycles. The smallest absolute Gasteiger partial charge is 0.321 e. The molecule has 0 amide bonds. The topological polar surface area (TPSA) is 63.6 Å². The first-order valence-electron chi connectivity index (χ1n) is 4.15. The van der Waals surface area contributed by atoms with Crippen molar-refractivity contribution in [3.8, 4) is 0 Å². The molecule has 0 aliphatic rings. The SMILES string of the molecule is CCC(C)S(=O)C(COC)C(=O)O. The zero-order valence-corrected chi connectivity index (χ0v) is 8.97. The number of ether oxygens (including phenoxy) is 1. The van der Waals surface area contributed by atoms with Crippen LogP contribution in [0.2, 0.25) is 0 Å². The average molecular weight is 208 g/mol. The van der Waals surface area contributed by atoms with Crippen molar-refractivity contribution in [2.24, 2.45) is 0 Å². The van der Waals surface area contributed by atoms with Crippen LogP contribution < -0.4 is 0 Å². The fourth-order valence-electron chi connectivity index (χ4n) is 0.834. The van der Waals surface area contributed by atoms with Crippen LogP contribution in [-0.4, -0.2) is 39.5 Å². The third-order valence-corrected chi connectivity index (χ3v) is 3.87. The van der Waals surface area contributed by atoms with E-state index in [1.807, 2.05) is 6.92 Å². The van der Waals surface area contributed by atoms with Gasteiger partial charge >= 0.3 is 5.97 Å². The highest BCUT2D eigenvalue weighted by atomic mass is 32.2. The first-order chi connectivity index (χ1) is 6.04. The lowest BCUT2D eigenvalue weighted by molar-refractivity contribution is -0.137. The second-order valence-electron chi connectivity index (χ2n) is 2.83. The molecule has 0 aromatic heterocycles. The molecular weight excluding hydrogens is 192 g/mol. The van der Waals surface area contributed by atoms with Gasteiger partial charge in [0.2, 0.25) is 0 Å². The summed E-state index contributed by atoms with van der Waals surface area (Å²) in [5.41, 5.74) is 0. The molecule has 78 valence electrons. The van der Waals surface area contributed by atoms with Crippen LogP contribution in [0.1, 0.15) is 20.3 Å². The van der Waals surface area contributed by atoms with E-state index in [1.165, 1.54) is 7.11 Å². The predicted molar refractivity (Wildman–Crippen MR) is 51.2 cm³/mol. The van der Waals surface area contributed by atoms with Gasteiger partial charge in [0, 0.05) is 23.2 Å². The summed E-state index contributed by atoms with van der Waals surface area (Å²) < 4.78 is 16.3. The standard InChI is InChI=1S/C8H16O4S/c1-4-6(2)13(11)7(5-12-3)8(9)10/h6-7H,4-5H2,1-3H3,(H,9,10). The van der Waals surface area contributed by atoms with Crippen molar-refractivity contribution in [2.45, 2.75) is 30.8 Å². The molecule has 0 bridgehead atoms. The molecule has 0 spiro atoms. The number of carboxylic acids is 1. The summed E-state index contributed by atoms with van der Waals surface area (Å²) in [4.78, 5) is 10.7. The molecule has 0 aliphatic heterocycles. The Kier molecular flexibility index (Phi) is 5.90. The van der Waals surface area contributed by atoms with Gasteiger partial charge in [0.05, 0.1) is 6.61 Å². The van der Waals surface area contributed by atoms with Crippen molar-refractivity contribution in [3.63, 3.8) is 0 Å². The van der Waals surface area contributed by atoms with Crippen LogP contribution in [0.4, 0.5) is 0 Å². The first-order valence-corrected chi connectivity index (χ1v) is 5.43. The fourth-order valence-corrected chi connectivity index (χ4v) is 2.19. The Balaban J connectivity index is 4.36. The quantitative estimate of drug-likeness (QED) is 0.695. The second-order valence-corrected chi connectivity index (χ2v) is 4.86. The van der Waals surface area contributed by atoms with E-state index < -0.39 is 22.0 Å². The maximum Gasteiger partial charge on any atom is 0.321 e. The van der Waals surface area contributed by atoms with Crippen molar-refractivity contribution in [3.05, 3.63) is 0 Å². The van der Waals surface area contributed by atoms with Crippen molar-refractivity contribution in [1.82, 2.24) is 0 Å². The van der Waals surface area contributed by atoms with Gasteiger partial charge in [0.1, 0.15) is 0 Å².